The number of H-pyrrole nitrogens is 1. The number of amides is 1. The minimum Gasteiger partial charge on any atom is -0.352 e. The molecular formula is C18H24N4O. The largest absolute Gasteiger partial charge is 0.352 e. The summed E-state index contributed by atoms with van der Waals surface area (Å²) in [4.78, 5) is 14.4. The molecule has 0 atom stereocenters. The number of aromatic amines is 1. The molecule has 1 aromatic carbocycles. The summed E-state index contributed by atoms with van der Waals surface area (Å²) in [5.74, 6) is 0.0762. The number of carbonyl (C=O) groups is 1. The summed E-state index contributed by atoms with van der Waals surface area (Å²) in [6.07, 6.45) is 7.44. The highest BCUT2D eigenvalue weighted by Crippen LogP contribution is 2.13. The van der Waals surface area contributed by atoms with Crippen LogP contribution in [0.4, 0.5) is 0 Å². The second-order valence-electron chi connectivity index (χ2n) is 6.18. The van der Waals surface area contributed by atoms with Crippen LogP contribution in [-0.2, 0) is 24.3 Å². The molecule has 2 N–H and O–H groups in total. The number of aryl methyl sites for hydroxylation is 1. The molecule has 1 aliphatic rings. The van der Waals surface area contributed by atoms with Crippen molar-refractivity contribution in [1.82, 2.24) is 20.4 Å². The van der Waals surface area contributed by atoms with Gasteiger partial charge in [0.05, 0.1) is 6.20 Å². The van der Waals surface area contributed by atoms with E-state index in [9.17, 15) is 4.79 Å². The van der Waals surface area contributed by atoms with Crippen LogP contribution in [0.5, 0.6) is 0 Å². The Hall–Kier alpha value is -2.14. The topological polar surface area (TPSA) is 61.0 Å². The predicted molar refractivity (Wildman–Crippen MR) is 89.7 cm³/mol. The van der Waals surface area contributed by atoms with E-state index in [4.69, 9.17) is 0 Å². The Morgan fingerprint density at radius 1 is 1.13 bits per heavy atom. The first-order chi connectivity index (χ1) is 11.3. The molecule has 0 spiro atoms. The van der Waals surface area contributed by atoms with Crippen molar-refractivity contribution in [3.8, 4) is 0 Å². The van der Waals surface area contributed by atoms with Gasteiger partial charge in [0.2, 0.25) is 5.91 Å². The van der Waals surface area contributed by atoms with Crippen LogP contribution in [0.1, 0.15) is 36.0 Å². The Labute approximate surface area is 137 Å². The molecule has 0 radical (unpaired) electrons. The van der Waals surface area contributed by atoms with Gasteiger partial charge in [-0.2, -0.15) is 5.10 Å². The normalized spacial score (nSPS) is 15.0. The molecule has 0 saturated carbocycles. The number of likely N-dealkylation sites (tertiary alicyclic amines) is 1. The van der Waals surface area contributed by atoms with Crippen molar-refractivity contribution in [3.63, 3.8) is 0 Å². The Morgan fingerprint density at radius 2 is 1.87 bits per heavy atom. The first kappa shape index (κ1) is 15.7. The average molecular weight is 312 g/mol. The van der Waals surface area contributed by atoms with Gasteiger partial charge in [-0.05, 0) is 49.0 Å². The molecule has 1 saturated heterocycles. The minimum atomic E-state index is 0.0762. The van der Waals surface area contributed by atoms with E-state index in [-0.39, 0.29) is 5.91 Å². The van der Waals surface area contributed by atoms with E-state index in [0.29, 0.717) is 13.0 Å². The van der Waals surface area contributed by atoms with Gasteiger partial charge in [0.15, 0.2) is 0 Å². The number of hydrogen-bond donors (Lipinski definition) is 2. The van der Waals surface area contributed by atoms with Gasteiger partial charge in [0, 0.05) is 25.7 Å². The number of nitrogens with one attached hydrogen (secondary N) is 2. The molecule has 0 bridgehead atoms. The molecule has 0 unspecified atom stereocenters. The van der Waals surface area contributed by atoms with Crippen LogP contribution in [-0.4, -0.2) is 34.1 Å². The average Bonchev–Trinajstić information content (AvgIpc) is 3.26. The van der Waals surface area contributed by atoms with Gasteiger partial charge in [-0.3, -0.25) is 14.8 Å². The predicted octanol–water partition coefficient (Wildman–Crippen LogP) is 2.25. The standard InChI is InChI=1S/C18H24N4O/c23-18(8-7-17-12-20-21-13-17)19-11-15-3-5-16(6-4-15)14-22-9-1-2-10-22/h3-6,12-13H,1-2,7-11,14H2,(H,19,23)(H,20,21). The smallest absolute Gasteiger partial charge is 0.220 e. The molecule has 23 heavy (non-hydrogen) atoms. The van der Waals surface area contributed by atoms with Gasteiger partial charge in [-0.25, -0.2) is 0 Å². The van der Waals surface area contributed by atoms with Crippen LogP contribution in [0.25, 0.3) is 0 Å². The van der Waals surface area contributed by atoms with Crippen LogP contribution in [0.15, 0.2) is 36.7 Å². The van der Waals surface area contributed by atoms with Crippen molar-refractivity contribution >= 4 is 5.91 Å². The maximum absolute atomic E-state index is 11.9. The number of rotatable bonds is 7. The molecule has 5 heteroatoms. The molecule has 122 valence electrons. The molecule has 1 aliphatic heterocycles. The van der Waals surface area contributed by atoms with Crippen molar-refractivity contribution in [2.24, 2.45) is 0 Å². The SMILES string of the molecule is O=C(CCc1cn[nH]c1)NCc1ccc(CN2CCCC2)cc1. The van der Waals surface area contributed by atoms with Gasteiger partial charge in [-0.15, -0.1) is 0 Å². The van der Waals surface area contributed by atoms with Crippen molar-refractivity contribution in [1.29, 1.82) is 0 Å². The van der Waals surface area contributed by atoms with Gasteiger partial charge in [0.1, 0.15) is 0 Å². The van der Waals surface area contributed by atoms with E-state index in [1.54, 1.807) is 6.20 Å². The summed E-state index contributed by atoms with van der Waals surface area (Å²) in [5, 5.41) is 9.61. The van der Waals surface area contributed by atoms with E-state index in [2.05, 4.69) is 44.7 Å². The van der Waals surface area contributed by atoms with Crippen molar-refractivity contribution in [2.75, 3.05) is 13.1 Å². The molecule has 1 amide bonds. The van der Waals surface area contributed by atoms with Crippen LogP contribution >= 0.6 is 0 Å². The summed E-state index contributed by atoms with van der Waals surface area (Å²) < 4.78 is 0. The number of nitrogens with zero attached hydrogens (tertiary/aromatic N) is 2. The molecule has 2 aromatic rings. The summed E-state index contributed by atoms with van der Waals surface area (Å²) >= 11 is 0. The van der Waals surface area contributed by atoms with E-state index < -0.39 is 0 Å². The van der Waals surface area contributed by atoms with E-state index in [0.717, 1.165) is 24.1 Å². The fraction of sp³-hybridized carbons (Fsp3) is 0.444. The minimum absolute atomic E-state index is 0.0762. The second-order valence-corrected chi connectivity index (χ2v) is 6.18. The highest BCUT2D eigenvalue weighted by Gasteiger charge is 2.11. The maximum atomic E-state index is 11.9. The molecule has 3 rings (SSSR count). The first-order valence-corrected chi connectivity index (χ1v) is 8.34. The fourth-order valence-electron chi connectivity index (χ4n) is 2.92. The molecule has 0 aliphatic carbocycles. The van der Waals surface area contributed by atoms with Crippen molar-refractivity contribution in [2.45, 2.75) is 38.8 Å². The summed E-state index contributed by atoms with van der Waals surface area (Å²) in [5.41, 5.74) is 3.56. The zero-order valence-electron chi connectivity index (χ0n) is 13.4. The number of aromatic nitrogens is 2. The van der Waals surface area contributed by atoms with Crippen LogP contribution < -0.4 is 5.32 Å². The molecule has 5 nitrogen and oxygen atoms in total. The Kier molecular flexibility index (Phi) is 5.42. The second kappa shape index (κ2) is 7.92. The zero-order chi connectivity index (χ0) is 15.9. The molecule has 1 fully saturated rings. The molecule has 1 aromatic heterocycles. The van der Waals surface area contributed by atoms with Crippen LogP contribution in [0.3, 0.4) is 0 Å². The third-order valence-electron chi connectivity index (χ3n) is 4.31. The fourth-order valence-corrected chi connectivity index (χ4v) is 2.92. The first-order valence-electron chi connectivity index (χ1n) is 8.34. The number of carbonyl (C=O) groups excluding carboxylic acids is 1. The Morgan fingerprint density at radius 3 is 2.57 bits per heavy atom. The lowest BCUT2D eigenvalue weighted by Gasteiger charge is -2.14. The van der Waals surface area contributed by atoms with Gasteiger partial charge in [0.25, 0.3) is 0 Å². The Bertz CT molecular complexity index is 600. The van der Waals surface area contributed by atoms with Crippen LogP contribution in [0, 0.1) is 0 Å². The number of benzene rings is 1. The van der Waals surface area contributed by atoms with Crippen molar-refractivity contribution in [3.05, 3.63) is 53.3 Å². The molecular weight excluding hydrogens is 288 g/mol. The quantitative estimate of drug-likeness (QED) is 0.824. The van der Waals surface area contributed by atoms with Crippen LogP contribution in [0.2, 0.25) is 0 Å². The van der Waals surface area contributed by atoms with E-state index in [1.165, 1.54) is 31.5 Å². The lowest BCUT2D eigenvalue weighted by molar-refractivity contribution is -0.121. The van der Waals surface area contributed by atoms with E-state index >= 15 is 0 Å². The summed E-state index contributed by atoms with van der Waals surface area (Å²) in [6.45, 7) is 4.06. The monoisotopic (exact) mass is 312 g/mol. The zero-order valence-corrected chi connectivity index (χ0v) is 13.4. The summed E-state index contributed by atoms with van der Waals surface area (Å²) in [7, 11) is 0. The highest BCUT2D eigenvalue weighted by molar-refractivity contribution is 5.76. The number of hydrogen-bond acceptors (Lipinski definition) is 3. The highest BCUT2D eigenvalue weighted by atomic mass is 16.1. The molecule has 2 heterocycles. The van der Waals surface area contributed by atoms with E-state index in [1.807, 2.05) is 6.20 Å². The van der Waals surface area contributed by atoms with Gasteiger partial charge >= 0.3 is 0 Å². The summed E-state index contributed by atoms with van der Waals surface area (Å²) in [6, 6.07) is 8.57. The third kappa shape index (κ3) is 4.93. The lowest BCUT2D eigenvalue weighted by atomic mass is 10.1. The van der Waals surface area contributed by atoms with Gasteiger partial charge in [-0.1, -0.05) is 24.3 Å². The Balaban J connectivity index is 1.40. The van der Waals surface area contributed by atoms with Crippen molar-refractivity contribution < 1.29 is 4.79 Å². The van der Waals surface area contributed by atoms with Gasteiger partial charge < -0.3 is 5.32 Å². The maximum Gasteiger partial charge on any atom is 0.220 e. The lowest BCUT2D eigenvalue weighted by Crippen LogP contribution is -2.23. The third-order valence-corrected chi connectivity index (χ3v) is 4.31.